The van der Waals surface area contributed by atoms with Crippen molar-refractivity contribution in [3.8, 4) is 0 Å². The van der Waals surface area contributed by atoms with Crippen LogP contribution in [0.5, 0.6) is 0 Å². The Bertz CT molecular complexity index is 417. The molecule has 6 heteroatoms. The van der Waals surface area contributed by atoms with Crippen LogP contribution >= 0.6 is 0 Å². The van der Waals surface area contributed by atoms with Gasteiger partial charge in [0.15, 0.2) is 0 Å². The molecular formula is C17H33N3O2S. The smallest absolute Gasteiger partial charge is 0.317 e. The third-order valence-electron chi connectivity index (χ3n) is 4.89. The molecule has 0 radical (unpaired) electrons. The lowest BCUT2D eigenvalue weighted by Crippen LogP contribution is -2.43. The fourth-order valence-electron chi connectivity index (χ4n) is 3.42. The van der Waals surface area contributed by atoms with Crippen molar-refractivity contribution in [3.05, 3.63) is 0 Å². The molecule has 23 heavy (non-hydrogen) atoms. The topological polar surface area (TPSA) is 52.7 Å². The van der Waals surface area contributed by atoms with Gasteiger partial charge in [-0.05, 0) is 66.0 Å². The summed E-state index contributed by atoms with van der Waals surface area (Å²) in [7, 11) is -0.910. The molecule has 134 valence electrons. The van der Waals surface area contributed by atoms with Gasteiger partial charge in [0, 0.05) is 47.0 Å². The average Bonchev–Trinajstić information content (AvgIpc) is 2.90. The molecule has 2 heterocycles. The monoisotopic (exact) mass is 343 g/mol. The Balaban J connectivity index is 1.71. The number of rotatable bonds is 4. The van der Waals surface area contributed by atoms with Crippen molar-refractivity contribution in [2.45, 2.75) is 63.7 Å². The molecule has 0 unspecified atom stereocenters. The molecule has 2 aliphatic heterocycles. The molecule has 2 amide bonds. The molecule has 2 aliphatic rings. The van der Waals surface area contributed by atoms with Gasteiger partial charge in [0.05, 0.1) is 0 Å². The number of nitrogens with one attached hydrogen (secondary N) is 1. The van der Waals surface area contributed by atoms with E-state index in [-0.39, 0.29) is 10.8 Å². The zero-order valence-corrected chi connectivity index (χ0v) is 15.8. The van der Waals surface area contributed by atoms with Crippen LogP contribution in [0.15, 0.2) is 0 Å². The third-order valence-corrected chi connectivity index (χ3v) is 6.83. The number of hydrogen-bond acceptors (Lipinski definition) is 3. The minimum absolute atomic E-state index is 0.0120. The van der Waals surface area contributed by atoms with Gasteiger partial charge >= 0.3 is 6.03 Å². The van der Waals surface area contributed by atoms with Gasteiger partial charge < -0.3 is 15.1 Å². The lowest BCUT2D eigenvalue weighted by atomic mass is 10.1. The van der Waals surface area contributed by atoms with Crippen LogP contribution in [0.25, 0.3) is 0 Å². The van der Waals surface area contributed by atoms with Gasteiger partial charge in [0.25, 0.3) is 0 Å². The van der Waals surface area contributed by atoms with Crippen LogP contribution < -0.4 is 5.32 Å². The normalized spacial score (nSPS) is 25.2. The van der Waals surface area contributed by atoms with Crippen molar-refractivity contribution < 1.29 is 9.00 Å². The Hall–Kier alpha value is -0.620. The highest BCUT2D eigenvalue weighted by atomic mass is 32.2. The van der Waals surface area contributed by atoms with Crippen LogP contribution in [0.4, 0.5) is 4.79 Å². The molecule has 0 saturated carbocycles. The first-order valence-electron chi connectivity index (χ1n) is 9.03. The van der Waals surface area contributed by atoms with Gasteiger partial charge in [-0.25, -0.2) is 4.79 Å². The van der Waals surface area contributed by atoms with E-state index < -0.39 is 10.8 Å². The first-order chi connectivity index (χ1) is 10.9. The molecule has 1 N–H and O–H groups in total. The van der Waals surface area contributed by atoms with E-state index in [1.165, 1.54) is 32.4 Å². The van der Waals surface area contributed by atoms with E-state index in [0.29, 0.717) is 18.3 Å². The van der Waals surface area contributed by atoms with Crippen LogP contribution in [0.2, 0.25) is 0 Å². The van der Waals surface area contributed by atoms with E-state index in [0.717, 1.165) is 25.9 Å². The zero-order valence-electron chi connectivity index (χ0n) is 15.0. The Kier molecular flexibility index (Phi) is 6.89. The molecule has 2 saturated heterocycles. The fraction of sp³-hybridized carbons (Fsp3) is 0.941. The highest BCUT2D eigenvalue weighted by molar-refractivity contribution is 7.86. The third kappa shape index (κ3) is 5.75. The number of urea groups is 1. The Morgan fingerprint density at radius 3 is 2.43 bits per heavy atom. The van der Waals surface area contributed by atoms with Gasteiger partial charge in [-0.2, -0.15) is 0 Å². The molecule has 0 bridgehead atoms. The molecule has 0 aromatic heterocycles. The molecule has 2 atom stereocenters. The van der Waals surface area contributed by atoms with Crippen LogP contribution in [0, 0.1) is 0 Å². The molecule has 0 aromatic carbocycles. The van der Waals surface area contributed by atoms with Gasteiger partial charge in [-0.3, -0.25) is 4.21 Å². The number of likely N-dealkylation sites (tertiary alicyclic amines) is 2. The molecular weight excluding hydrogens is 310 g/mol. The largest absolute Gasteiger partial charge is 0.337 e. The van der Waals surface area contributed by atoms with Gasteiger partial charge in [-0.1, -0.05) is 0 Å². The summed E-state index contributed by atoms with van der Waals surface area (Å²) in [4.78, 5) is 16.9. The van der Waals surface area contributed by atoms with Crippen molar-refractivity contribution in [1.82, 2.24) is 15.1 Å². The summed E-state index contributed by atoms with van der Waals surface area (Å²) in [5, 5.41) is 2.95. The second-order valence-electron chi connectivity index (χ2n) is 7.71. The first kappa shape index (κ1) is 18.7. The molecule has 0 spiro atoms. The maximum atomic E-state index is 12.3. The van der Waals surface area contributed by atoms with Crippen LogP contribution in [0.1, 0.15) is 52.9 Å². The average molecular weight is 344 g/mol. The van der Waals surface area contributed by atoms with E-state index >= 15 is 0 Å². The standard InChI is InChI=1S/C17H33N3O2S/c1-17(2,3)23(22)14-9-18-16(21)20-12-6-7-15(8-13-20)19-10-4-5-11-19/h15H,4-14H2,1-3H3,(H,18,21)/t15-,23+/m0/s1. The molecule has 2 rings (SSSR count). The lowest BCUT2D eigenvalue weighted by molar-refractivity contribution is 0.194. The fourth-order valence-corrected chi connectivity index (χ4v) is 4.32. The summed E-state index contributed by atoms with van der Waals surface area (Å²) in [6.45, 7) is 10.6. The predicted molar refractivity (Wildman–Crippen MR) is 96.2 cm³/mol. The van der Waals surface area contributed by atoms with E-state index in [2.05, 4.69) is 10.2 Å². The molecule has 2 fully saturated rings. The summed E-state index contributed by atoms with van der Waals surface area (Å²) in [5.74, 6) is 0.527. The number of hydrogen-bond donors (Lipinski definition) is 1. The van der Waals surface area contributed by atoms with Gasteiger partial charge in [0.1, 0.15) is 0 Å². The molecule has 5 nitrogen and oxygen atoms in total. The van der Waals surface area contributed by atoms with Crippen LogP contribution in [0.3, 0.4) is 0 Å². The number of carbonyl (C=O) groups is 1. The summed E-state index contributed by atoms with van der Waals surface area (Å²) in [6, 6.07) is 0.668. The predicted octanol–water partition coefficient (Wildman–Crippen LogP) is 2.19. The molecule has 0 aromatic rings. The van der Waals surface area contributed by atoms with Crippen LogP contribution in [-0.2, 0) is 10.8 Å². The van der Waals surface area contributed by atoms with Gasteiger partial charge in [-0.15, -0.1) is 0 Å². The SMILES string of the molecule is CC(C)(C)[S@](=O)CCNC(=O)N1CCC[C@H](N2CCCC2)CC1. The van der Waals surface area contributed by atoms with E-state index in [1.807, 2.05) is 25.7 Å². The van der Waals surface area contributed by atoms with Crippen molar-refractivity contribution in [1.29, 1.82) is 0 Å². The second-order valence-corrected chi connectivity index (χ2v) is 10.0. The summed E-state index contributed by atoms with van der Waals surface area (Å²) < 4.78 is 11.8. The molecule has 0 aliphatic carbocycles. The van der Waals surface area contributed by atoms with Crippen molar-refractivity contribution in [2.24, 2.45) is 0 Å². The van der Waals surface area contributed by atoms with E-state index in [9.17, 15) is 9.00 Å². The van der Waals surface area contributed by atoms with Crippen molar-refractivity contribution in [2.75, 3.05) is 38.5 Å². The maximum absolute atomic E-state index is 12.3. The maximum Gasteiger partial charge on any atom is 0.317 e. The number of carbonyl (C=O) groups excluding carboxylic acids is 1. The minimum Gasteiger partial charge on any atom is -0.337 e. The second kappa shape index (κ2) is 8.47. The zero-order chi connectivity index (χ0) is 16.9. The Labute approximate surface area is 143 Å². The Morgan fingerprint density at radius 1 is 1.09 bits per heavy atom. The quantitative estimate of drug-likeness (QED) is 0.851. The Morgan fingerprint density at radius 2 is 1.78 bits per heavy atom. The van der Waals surface area contributed by atoms with Gasteiger partial charge in [0.2, 0.25) is 0 Å². The summed E-state index contributed by atoms with van der Waals surface area (Å²) >= 11 is 0. The van der Waals surface area contributed by atoms with Crippen LogP contribution in [-0.4, -0.2) is 69.3 Å². The number of amides is 2. The highest BCUT2D eigenvalue weighted by Crippen LogP contribution is 2.21. The lowest BCUT2D eigenvalue weighted by Gasteiger charge is -2.26. The van der Waals surface area contributed by atoms with E-state index in [4.69, 9.17) is 0 Å². The van der Waals surface area contributed by atoms with Crippen molar-refractivity contribution >= 4 is 16.8 Å². The highest BCUT2D eigenvalue weighted by Gasteiger charge is 2.26. The van der Waals surface area contributed by atoms with Crippen molar-refractivity contribution in [3.63, 3.8) is 0 Å². The minimum atomic E-state index is -0.910. The first-order valence-corrected chi connectivity index (χ1v) is 10.3. The summed E-state index contributed by atoms with van der Waals surface area (Å²) in [5.41, 5.74) is 0. The van der Waals surface area contributed by atoms with E-state index in [1.54, 1.807) is 0 Å². The summed E-state index contributed by atoms with van der Waals surface area (Å²) in [6.07, 6.45) is 6.03. The number of nitrogens with zero attached hydrogens (tertiary/aromatic N) is 2.